The van der Waals surface area contributed by atoms with Crippen LogP contribution in [0.2, 0.25) is 0 Å². The van der Waals surface area contributed by atoms with Crippen molar-refractivity contribution in [3.8, 4) is 0 Å². The molecule has 1 aromatic rings. The van der Waals surface area contributed by atoms with Crippen LogP contribution in [0.3, 0.4) is 0 Å². The third-order valence-corrected chi connectivity index (χ3v) is 2.42. The fraction of sp³-hybridized carbons (Fsp3) is 0.692. The van der Waals surface area contributed by atoms with Crippen LogP contribution in [-0.4, -0.2) is 15.7 Å². The lowest BCUT2D eigenvalue weighted by molar-refractivity contribution is 0.0842. The molecule has 2 N–H and O–H groups in total. The smallest absolute Gasteiger partial charge is 0.249 e. The number of rotatable bonds is 1. The Morgan fingerprint density at radius 2 is 1.82 bits per heavy atom. The van der Waals surface area contributed by atoms with Gasteiger partial charge in [0.25, 0.3) is 0 Å². The number of hydrogen-bond acceptors (Lipinski definition) is 3. The quantitative estimate of drug-likeness (QED) is 0.817. The molecule has 0 unspecified atom stereocenters. The first-order chi connectivity index (χ1) is 7.50. The van der Waals surface area contributed by atoms with Gasteiger partial charge in [0.2, 0.25) is 5.91 Å². The Morgan fingerprint density at radius 3 is 2.18 bits per heavy atom. The van der Waals surface area contributed by atoms with Gasteiger partial charge in [-0.25, -0.2) is 0 Å². The highest BCUT2D eigenvalue weighted by molar-refractivity contribution is 5.81. The molecule has 0 saturated heterocycles. The topological polar surface area (TPSA) is 60.9 Å². The van der Waals surface area contributed by atoms with Gasteiger partial charge in [-0.2, -0.15) is 9.78 Å². The Bertz CT molecular complexity index is 419. The number of carbonyl (C=O) groups excluding carboxylic acids is 1. The van der Waals surface area contributed by atoms with Gasteiger partial charge in [-0.1, -0.05) is 41.5 Å². The third-order valence-electron chi connectivity index (χ3n) is 2.42. The van der Waals surface area contributed by atoms with E-state index in [4.69, 9.17) is 5.73 Å². The van der Waals surface area contributed by atoms with Crippen LogP contribution in [0.15, 0.2) is 6.07 Å². The molecule has 0 radical (unpaired) electrons. The summed E-state index contributed by atoms with van der Waals surface area (Å²) in [4.78, 5) is 12.0. The van der Waals surface area contributed by atoms with Gasteiger partial charge in [-0.15, -0.1) is 0 Å². The van der Waals surface area contributed by atoms with Crippen LogP contribution >= 0.6 is 0 Å². The van der Waals surface area contributed by atoms with Crippen LogP contribution in [-0.2, 0) is 5.41 Å². The van der Waals surface area contributed by atoms with Crippen molar-refractivity contribution < 1.29 is 4.79 Å². The van der Waals surface area contributed by atoms with Crippen molar-refractivity contribution in [1.29, 1.82) is 0 Å². The zero-order chi connectivity index (χ0) is 13.4. The lowest BCUT2D eigenvalue weighted by Crippen LogP contribution is -2.22. The number of hydrogen-bond donors (Lipinski definition) is 1. The summed E-state index contributed by atoms with van der Waals surface area (Å²) >= 11 is 0. The molecule has 0 atom stereocenters. The molecule has 0 aliphatic heterocycles. The van der Waals surface area contributed by atoms with Gasteiger partial charge in [0.15, 0.2) is 0 Å². The van der Waals surface area contributed by atoms with Crippen LogP contribution in [0.4, 0.5) is 5.82 Å². The summed E-state index contributed by atoms with van der Waals surface area (Å²) < 4.78 is 1.33. The second-order valence-electron chi connectivity index (χ2n) is 6.75. The Kier molecular flexibility index (Phi) is 3.37. The van der Waals surface area contributed by atoms with E-state index in [-0.39, 0.29) is 16.7 Å². The molecular formula is C13H23N3O. The summed E-state index contributed by atoms with van der Waals surface area (Å²) in [6, 6.07) is 1.78. The van der Waals surface area contributed by atoms with E-state index in [0.717, 1.165) is 5.69 Å². The van der Waals surface area contributed by atoms with Gasteiger partial charge in [-0.3, -0.25) is 4.79 Å². The first kappa shape index (κ1) is 13.7. The van der Waals surface area contributed by atoms with Crippen LogP contribution in [0.5, 0.6) is 0 Å². The Morgan fingerprint density at radius 1 is 1.29 bits per heavy atom. The van der Waals surface area contributed by atoms with E-state index in [1.54, 1.807) is 6.07 Å². The lowest BCUT2D eigenvalue weighted by atomic mass is 9.92. The number of anilines is 1. The normalized spacial score (nSPS) is 12.8. The molecule has 4 heteroatoms. The minimum atomic E-state index is -0.0959. The van der Waals surface area contributed by atoms with Crippen molar-refractivity contribution in [2.45, 2.75) is 53.4 Å². The van der Waals surface area contributed by atoms with Crippen molar-refractivity contribution in [1.82, 2.24) is 9.78 Å². The molecule has 1 rings (SSSR count). The molecule has 4 nitrogen and oxygen atoms in total. The molecule has 96 valence electrons. The van der Waals surface area contributed by atoms with Gasteiger partial charge in [-0.05, 0) is 5.41 Å². The molecule has 0 amide bonds. The van der Waals surface area contributed by atoms with Crippen LogP contribution in [0.1, 0.15) is 58.5 Å². The van der Waals surface area contributed by atoms with E-state index in [2.05, 4.69) is 5.10 Å². The minimum absolute atomic E-state index is 0.0505. The first-order valence-electron chi connectivity index (χ1n) is 5.90. The highest BCUT2D eigenvalue weighted by Crippen LogP contribution is 2.24. The molecule has 1 heterocycles. The predicted octanol–water partition coefficient (Wildman–Crippen LogP) is 2.84. The fourth-order valence-corrected chi connectivity index (χ4v) is 1.49. The summed E-state index contributed by atoms with van der Waals surface area (Å²) in [7, 11) is 0. The summed E-state index contributed by atoms with van der Waals surface area (Å²) in [5.41, 5.74) is 6.53. The molecule has 0 aromatic carbocycles. The van der Waals surface area contributed by atoms with Crippen molar-refractivity contribution in [3.63, 3.8) is 0 Å². The van der Waals surface area contributed by atoms with E-state index in [9.17, 15) is 4.79 Å². The third kappa shape index (κ3) is 3.58. The van der Waals surface area contributed by atoms with Gasteiger partial charge in [0.05, 0.1) is 5.69 Å². The Labute approximate surface area is 103 Å². The van der Waals surface area contributed by atoms with E-state index in [0.29, 0.717) is 12.2 Å². The zero-order valence-corrected chi connectivity index (χ0v) is 11.7. The maximum atomic E-state index is 12.0. The van der Waals surface area contributed by atoms with Crippen molar-refractivity contribution in [3.05, 3.63) is 11.8 Å². The first-order valence-corrected chi connectivity index (χ1v) is 5.90. The summed E-state index contributed by atoms with van der Waals surface area (Å²) in [6.07, 6.45) is 0.433. The highest BCUT2D eigenvalue weighted by atomic mass is 16.2. The van der Waals surface area contributed by atoms with Crippen molar-refractivity contribution in [2.24, 2.45) is 5.41 Å². The number of nitrogens with two attached hydrogens (primary N) is 1. The lowest BCUT2D eigenvalue weighted by Gasteiger charge is -2.17. The average Bonchev–Trinajstić information content (AvgIpc) is 2.42. The van der Waals surface area contributed by atoms with Crippen molar-refractivity contribution >= 4 is 11.7 Å². The molecule has 0 bridgehead atoms. The predicted molar refractivity (Wildman–Crippen MR) is 70.0 cm³/mol. The highest BCUT2D eigenvalue weighted by Gasteiger charge is 2.23. The zero-order valence-electron chi connectivity index (χ0n) is 11.7. The second kappa shape index (κ2) is 4.17. The molecule has 0 fully saturated rings. The maximum absolute atomic E-state index is 12.0. The Balaban J connectivity index is 3.00. The molecule has 0 saturated carbocycles. The second-order valence-corrected chi connectivity index (χ2v) is 6.75. The number of nitrogen functional groups attached to an aromatic ring is 1. The van der Waals surface area contributed by atoms with Gasteiger partial charge in [0.1, 0.15) is 5.82 Å². The van der Waals surface area contributed by atoms with Crippen molar-refractivity contribution in [2.75, 3.05) is 5.73 Å². The average molecular weight is 237 g/mol. The maximum Gasteiger partial charge on any atom is 0.249 e. The van der Waals surface area contributed by atoms with E-state index in [1.165, 1.54) is 4.68 Å². The SMILES string of the molecule is CC(C)(C)CC(=O)n1nc(C(C)(C)C)cc1N. The van der Waals surface area contributed by atoms with Gasteiger partial charge in [0, 0.05) is 17.9 Å². The Hall–Kier alpha value is -1.32. The van der Waals surface area contributed by atoms with Gasteiger partial charge >= 0.3 is 0 Å². The molecule has 0 spiro atoms. The number of nitrogens with zero attached hydrogens (tertiary/aromatic N) is 2. The molecule has 0 aliphatic carbocycles. The van der Waals surface area contributed by atoms with Crippen LogP contribution < -0.4 is 5.73 Å². The largest absolute Gasteiger partial charge is 0.383 e. The summed E-state index contributed by atoms with van der Waals surface area (Å²) in [6.45, 7) is 12.2. The number of carbonyl (C=O) groups is 1. The number of aromatic nitrogens is 2. The summed E-state index contributed by atoms with van der Waals surface area (Å²) in [5, 5.41) is 4.31. The van der Waals surface area contributed by atoms with Gasteiger partial charge < -0.3 is 5.73 Å². The fourth-order valence-electron chi connectivity index (χ4n) is 1.49. The molecule has 17 heavy (non-hydrogen) atoms. The van der Waals surface area contributed by atoms with E-state index < -0.39 is 0 Å². The summed E-state index contributed by atoms with van der Waals surface area (Å²) in [5.74, 6) is 0.370. The molecule has 0 aliphatic rings. The molecular weight excluding hydrogens is 214 g/mol. The monoisotopic (exact) mass is 237 g/mol. The van der Waals surface area contributed by atoms with Crippen LogP contribution in [0, 0.1) is 5.41 Å². The van der Waals surface area contributed by atoms with Crippen LogP contribution in [0.25, 0.3) is 0 Å². The molecule has 1 aromatic heterocycles. The minimum Gasteiger partial charge on any atom is -0.383 e. The van der Waals surface area contributed by atoms with E-state index in [1.807, 2.05) is 41.5 Å². The standard InChI is InChI=1S/C13H23N3O/c1-12(2,3)8-11(17)16-10(14)7-9(15-16)13(4,5)6/h7H,8,14H2,1-6H3. The van der Waals surface area contributed by atoms with E-state index >= 15 is 0 Å².